The summed E-state index contributed by atoms with van der Waals surface area (Å²) in [7, 11) is 0. The molecule has 29 heavy (non-hydrogen) atoms. The van der Waals surface area contributed by atoms with E-state index in [9.17, 15) is 9.59 Å². The maximum atomic E-state index is 15.3. The molecule has 2 saturated heterocycles. The van der Waals surface area contributed by atoms with Gasteiger partial charge in [-0.3, -0.25) is 14.9 Å². The first-order valence-corrected chi connectivity index (χ1v) is 9.85. The number of rotatable bonds is 5. The van der Waals surface area contributed by atoms with Crippen LogP contribution in [-0.4, -0.2) is 34.9 Å². The molecule has 2 fully saturated rings. The van der Waals surface area contributed by atoms with Crippen LogP contribution in [0.25, 0.3) is 0 Å². The van der Waals surface area contributed by atoms with E-state index in [4.69, 9.17) is 23.2 Å². The van der Waals surface area contributed by atoms with Crippen LogP contribution in [0.1, 0.15) is 13.3 Å². The lowest BCUT2D eigenvalue weighted by Gasteiger charge is -2.31. The van der Waals surface area contributed by atoms with Crippen LogP contribution in [0, 0.1) is 11.8 Å². The number of pyridine rings is 1. The zero-order chi connectivity index (χ0) is 21.2. The minimum absolute atomic E-state index is 0.217. The Bertz CT molecular complexity index is 904. The predicted octanol–water partition coefficient (Wildman–Crippen LogP) is 3.32. The highest BCUT2D eigenvalue weighted by molar-refractivity contribution is 6.30. The van der Waals surface area contributed by atoms with Crippen molar-refractivity contribution < 1.29 is 14.0 Å². The summed E-state index contributed by atoms with van der Waals surface area (Å²) in [4.78, 5) is 29.7. The van der Waals surface area contributed by atoms with Gasteiger partial charge in [0.2, 0.25) is 11.8 Å². The predicted molar refractivity (Wildman–Crippen MR) is 111 cm³/mol. The molecule has 1 aromatic heterocycles. The summed E-state index contributed by atoms with van der Waals surface area (Å²) in [6, 6.07) is 4.47. The molecule has 3 heterocycles. The van der Waals surface area contributed by atoms with E-state index in [-0.39, 0.29) is 28.0 Å². The summed E-state index contributed by atoms with van der Waals surface area (Å²) >= 11 is 11.6. The molecule has 0 radical (unpaired) electrons. The molecular weight excluding hydrogens is 418 g/mol. The fourth-order valence-corrected chi connectivity index (χ4v) is 4.17. The average molecular weight is 439 g/mol. The van der Waals surface area contributed by atoms with Gasteiger partial charge in [-0.1, -0.05) is 41.9 Å². The summed E-state index contributed by atoms with van der Waals surface area (Å²) < 4.78 is 15.3. The van der Waals surface area contributed by atoms with E-state index in [0.29, 0.717) is 13.0 Å². The highest BCUT2D eigenvalue weighted by Gasteiger charge is 2.59. The van der Waals surface area contributed by atoms with Crippen LogP contribution in [-0.2, 0) is 9.59 Å². The Hall–Kier alpha value is -2.22. The van der Waals surface area contributed by atoms with Crippen molar-refractivity contribution in [3.8, 4) is 0 Å². The van der Waals surface area contributed by atoms with Gasteiger partial charge in [0, 0.05) is 17.6 Å². The van der Waals surface area contributed by atoms with Crippen LogP contribution < -0.4 is 16.0 Å². The number of carbonyl (C=O) groups excluding carboxylic acids is 2. The van der Waals surface area contributed by atoms with Gasteiger partial charge in [0.1, 0.15) is 22.3 Å². The second-order valence-electron chi connectivity index (χ2n) is 7.19. The van der Waals surface area contributed by atoms with Gasteiger partial charge in [-0.15, -0.1) is 0 Å². The number of nitrogens with zero attached hydrogens (tertiary/aromatic N) is 1. The van der Waals surface area contributed by atoms with E-state index in [0.717, 1.165) is 0 Å². The zero-order valence-corrected chi connectivity index (χ0v) is 17.2. The Kier molecular flexibility index (Phi) is 6.41. The third-order valence-electron chi connectivity index (χ3n) is 5.22. The second kappa shape index (κ2) is 8.65. The molecular formula is C20H21Cl2FN4O2. The normalized spacial score (nSPS) is 29.4. The molecule has 3 rings (SSSR count). The van der Waals surface area contributed by atoms with Gasteiger partial charge in [-0.25, -0.2) is 9.37 Å². The Labute approximate surface area is 178 Å². The summed E-state index contributed by atoms with van der Waals surface area (Å²) in [5, 5.41) is 9.07. The Balaban J connectivity index is 1.95. The topological polar surface area (TPSA) is 83.1 Å². The van der Waals surface area contributed by atoms with Gasteiger partial charge in [-0.2, -0.15) is 0 Å². The van der Waals surface area contributed by atoms with Gasteiger partial charge >= 0.3 is 0 Å². The summed E-state index contributed by atoms with van der Waals surface area (Å²) in [6.07, 6.45) is 4.62. The number of hydrogen-bond acceptors (Lipinski definition) is 4. The molecule has 0 aliphatic carbocycles. The standard InChI is InChI=1S/C20H21Cl2FN4O2/c1-11(21)5-3-6-12(23)17-16-13(9-10-24-18(16)28)27-20(17,2)19(29)26-15-8-4-7-14(22)25-15/h3-8,13,16-17,27H,1,9-10H2,2H3,(H,24,28)(H,25,26,29)/b5-3-,12-6-/t13-,16+,17-,20+/m0/s1. The molecule has 2 amide bonds. The number of halogens is 3. The van der Waals surface area contributed by atoms with Crippen LogP contribution >= 0.6 is 23.2 Å². The molecule has 3 N–H and O–H groups in total. The Morgan fingerprint density at radius 3 is 2.93 bits per heavy atom. The van der Waals surface area contributed by atoms with Crippen LogP contribution in [0.15, 0.2) is 53.9 Å². The van der Waals surface area contributed by atoms with Crippen molar-refractivity contribution in [3.63, 3.8) is 0 Å². The highest BCUT2D eigenvalue weighted by atomic mass is 35.5. The van der Waals surface area contributed by atoms with Crippen molar-refractivity contribution in [2.45, 2.75) is 24.9 Å². The first-order valence-electron chi connectivity index (χ1n) is 9.10. The fourth-order valence-electron chi connectivity index (χ4n) is 3.94. The molecule has 2 aliphatic heterocycles. The molecule has 2 aliphatic rings. The summed E-state index contributed by atoms with van der Waals surface area (Å²) in [6.45, 7) is 5.55. The molecule has 0 aromatic carbocycles. The van der Waals surface area contributed by atoms with Crippen molar-refractivity contribution in [1.29, 1.82) is 0 Å². The lowest BCUT2D eigenvalue weighted by atomic mass is 9.76. The average Bonchev–Trinajstić information content (AvgIpc) is 2.96. The molecule has 154 valence electrons. The molecule has 9 heteroatoms. The first kappa shape index (κ1) is 21.5. The third kappa shape index (κ3) is 4.52. The van der Waals surface area contributed by atoms with Gasteiger partial charge < -0.3 is 10.6 Å². The monoisotopic (exact) mass is 438 g/mol. The van der Waals surface area contributed by atoms with Crippen molar-refractivity contribution in [2.75, 3.05) is 11.9 Å². The zero-order valence-electron chi connectivity index (χ0n) is 15.7. The summed E-state index contributed by atoms with van der Waals surface area (Å²) in [5.41, 5.74) is -1.38. The van der Waals surface area contributed by atoms with Gasteiger partial charge in [0.25, 0.3) is 0 Å². The number of allylic oxidation sites excluding steroid dienone is 4. The molecule has 0 bridgehead atoms. The van der Waals surface area contributed by atoms with E-state index >= 15 is 4.39 Å². The smallest absolute Gasteiger partial charge is 0.246 e. The third-order valence-corrected chi connectivity index (χ3v) is 5.55. The largest absolute Gasteiger partial charge is 0.356 e. The van der Waals surface area contributed by atoms with E-state index in [1.807, 2.05) is 0 Å². The molecule has 0 unspecified atom stereocenters. The van der Waals surface area contributed by atoms with E-state index in [1.54, 1.807) is 25.1 Å². The minimum atomic E-state index is -1.38. The number of nitrogens with one attached hydrogen (secondary N) is 3. The van der Waals surface area contributed by atoms with E-state index in [1.165, 1.54) is 18.2 Å². The minimum Gasteiger partial charge on any atom is -0.356 e. The molecule has 0 saturated carbocycles. The fraction of sp³-hybridized carbons (Fsp3) is 0.350. The molecule has 6 nitrogen and oxygen atoms in total. The SMILES string of the molecule is C=C(Cl)/C=C\C=C(/F)[C@H]1[C@@H]2C(=O)NCC[C@@H]2N[C@@]1(C)C(=O)Nc1cccc(Cl)n1. The number of aromatic nitrogens is 1. The van der Waals surface area contributed by atoms with Gasteiger partial charge in [0.15, 0.2) is 0 Å². The number of carbonyl (C=O) groups is 2. The van der Waals surface area contributed by atoms with Gasteiger partial charge in [-0.05, 0) is 37.6 Å². The van der Waals surface area contributed by atoms with Crippen LogP contribution in [0.2, 0.25) is 5.15 Å². The second-order valence-corrected chi connectivity index (χ2v) is 8.07. The number of hydrogen-bond donors (Lipinski definition) is 3. The van der Waals surface area contributed by atoms with Gasteiger partial charge in [0.05, 0.1) is 11.8 Å². The van der Waals surface area contributed by atoms with Crippen molar-refractivity contribution >= 4 is 40.8 Å². The lowest BCUT2D eigenvalue weighted by molar-refractivity contribution is -0.128. The van der Waals surface area contributed by atoms with Crippen molar-refractivity contribution in [2.24, 2.45) is 11.8 Å². The number of fused-ring (bicyclic) bond motifs is 1. The number of anilines is 1. The maximum Gasteiger partial charge on any atom is 0.246 e. The Morgan fingerprint density at radius 1 is 1.48 bits per heavy atom. The van der Waals surface area contributed by atoms with Crippen molar-refractivity contribution in [1.82, 2.24) is 15.6 Å². The highest BCUT2D eigenvalue weighted by Crippen LogP contribution is 2.43. The number of piperidine rings is 1. The van der Waals surface area contributed by atoms with E-state index in [2.05, 4.69) is 27.5 Å². The molecule has 0 spiro atoms. The van der Waals surface area contributed by atoms with Crippen molar-refractivity contribution in [3.05, 3.63) is 59.0 Å². The summed E-state index contributed by atoms with van der Waals surface area (Å²) in [5.74, 6) is -2.89. The number of amides is 2. The quantitative estimate of drug-likeness (QED) is 0.486. The maximum absolute atomic E-state index is 15.3. The van der Waals surface area contributed by atoms with Crippen LogP contribution in [0.4, 0.5) is 10.2 Å². The first-order chi connectivity index (χ1) is 13.7. The Morgan fingerprint density at radius 2 is 2.24 bits per heavy atom. The van der Waals surface area contributed by atoms with Crippen LogP contribution in [0.5, 0.6) is 0 Å². The molecule has 1 aromatic rings. The van der Waals surface area contributed by atoms with E-state index < -0.39 is 29.1 Å². The lowest BCUT2D eigenvalue weighted by Crippen LogP contribution is -2.54. The molecule has 4 atom stereocenters. The van der Waals surface area contributed by atoms with Crippen LogP contribution in [0.3, 0.4) is 0 Å².